The first-order valence-corrected chi connectivity index (χ1v) is 6.61. The number of thioether (sulfide) groups is 1. The maximum absolute atomic E-state index is 11.8. The molecule has 19 heavy (non-hydrogen) atoms. The molecule has 0 spiro atoms. The van der Waals surface area contributed by atoms with Crippen molar-refractivity contribution in [2.24, 2.45) is 0 Å². The number of benzene rings is 1. The van der Waals surface area contributed by atoms with Crippen molar-refractivity contribution < 1.29 is 24.2 Å². The number of carboxylic acid groups (broad SMARTS) is 1. The highest BCUT2D eigenvalue weighted by atomic mass is 32.2. The van der Waals surface area contributed by atoms with E-state index in [1.165, 1.54) is 6.07 Å². The van der Waals surface area contributed by atoms with Crippen LogP contribution in [-0.2, 0) is 14.3 Å². The highest BCUT2D eigenvalue weighted by Gasteiger charge is 2.19. The van der Waals surface area contributed by atoms with Crippen LogP contribution in [-0.4, -0.2) is 35.2 Å². The molecule has 0 saturated heterocycles. The van der Waals surface area contributed by atoms with Crippen molar-refractivity contribution in [3.63, 3.8) is 0 Å². The Morgan fingerprint density at radius 1 is 1.32 bits per heavy atom. The normalized spacial score (nSPS) is 10.0. The summed E-state index contributed by atoms with van der Waals surface area (Å²) in [5, 5.41) is 8.58. The Kier molecular flexibility index (Phi) is 5.57. The largest absolute Gasteiger partial charge is 0.481 e. The number of hydrogen-bond acceptors (Lipinski definition) is 5. The van der Waals surface area contributed by atoms with Crippen LogP contribution in [0.2, 0.25) is 0 Å². The zero-order valence-electron chi connectivity index (χ0n) is 10.6. The topological polar surface area (TPSA) is 80.7 Å². The highest BCUT2D eigenvalue weighted by Crippen LogP contribution is 2.21. The first kappa shape index (κ1) is 15.2. The number of carbonyl (C=O) groups excluding carboxylic acids is 2. The molecule has 0 radical (unpaired) electrons. The van der Waals surface area contributed by atoms with Gasteiger partial charge in [-0.15, -0.1) is 11.8 Å². The lowest BCUT2D eigenvalue weighted by molar-refractivity contribution is -0.137. The number of aliphatic carboxylic acids is 1. The average molecular weight is 282 g/mol. The molecular weight excluding hydrogens is 268 g/mol. The van der Waals surface area contributed by atoms with Crippen LogP contribution in [0.5, 0.6) is 0 Å². The van der Waals surface area contributed by atoms with Crippen LogP contribution in [0, 0.1) is 6.92 Å². The Hall–Kier alpha value is -1.82. The van der Waals surface area contributed by atoms with Crippen LogP contribution in [0.1, 0.15) is 22.8 Å². The number of carbonyl (C=O) groups is 3. The van der Waals surface area contributed by atoms with Crippen molar-refractivity contribution in [2.75, 3.05) is 12.4 Å². The van der Waals surface area contributed by atoms with Gasteiger partial charge in [0.05, 0.1) is 12.4 Å². The molecule has 0 aromatic heterocycles. The first-order valence-electron chi connectivity index (χ1n) is 5.62. The van der Waals surface area contributed by atoms with E-state index in [1.54, 1.807) is 26.0 Å². The molecule has 6 heteroatoms. The third kappa shape index (κ3) is 4.40. The maximum Gasteiger partial charge on any atom is 0.379 e. The smallest absolute Gasteiger partial charge is 0.379 e. The number of ether oxygens (including phenoxy) is 1. The van der Waals surface area contributed by atoms with Gasteiger partial charge in [0, 0.05) is 10.5 Å². The van der Waals surface area contributed by atoms with Gasteiger partial charge in [-0.25, -0.2) is 4.79 Å². The van der Waals surface area contributed by atoms with E-state index >= 15 is 0 Å². The van der Waals surface area contributed by atoms with Gasteiger partial charge in [0.25, 0.3) is 5.78 Å². The molecule has 0 aliphatic heterocycles. The quantitative estimate of drug-likeness (QED) is 0.371. The van der Waals surface area contributed by atoms with E-state index in [0.717, 1.165) is 16.7 Å². The van der Waals surface area contributed by atoms with E-state index in [-0.39, 0.29) is 17.9 Å². The molecule has 1 aromatic carbocycles. The Bertz CT molecular complexity index is 510. The summed E-state index contributed by atoms with van der Waals surface area (Å²) in [6, 6.07) is 4.81. The van der Waals surface area contributed by atoms with Crippen LogP contribution in [0.3, 0.4) is 0 Å². The predicted octanol–water partition coefficient (Wildman–Crippen LogP) is 1.92. The molecule has 0 fully saturated rings. The summed E-state index contributed by atoms with van der Waals surface area (Å²) in [6.45, 7) is 3.47. The number of esters is 1. The SMILES string of the molecule is CCOC(=O)C(=O)c1ccc(SCC(=O)O)cc1C. The van der Waals surface area contributed by atoms with Crippen molar-refractivity contribution >= 4 is 29.5 Å². The van der Waals surface area contributed by atoms with Gasteiger partial charge >= 0.3 is 11.9 Å². The third-order valence-electron chi connectivity index (χ3n) is 2.27. The predicted molar refractivity (Wildman–Crippen MR) is 70.5 cm³/mol. The zero-order chi connectivity index (χ0) is 14.4. The fourth-order valence-corrected chi connectivity index (χ4v) is 2.15. The lowest BCUT2D eigenvalue weighted by Crippen LogP contribution is -2.18. The third-order valence-corrected chi connectivity index (χ3v) is 3.24. The van der Waals surface area contributed by atoms with Crippen LogP contribution in [0.4, 0.5) is 0 Å². The fraction of sp³-hybridized carbons (Fsp3) is 0.308. The Morgan fingerprint density at radius 3 is 2.53 bits per heavy atom. The fourth-order valence-electron chi connectivity index (χ4n) is 1.43. The van der Waals surface area contributed by atoms with Crippen LogP contribution in [0.15, 0.2) is 23.1 Å². The van der Waals surface area contributed by atoms with Crippen LogP contribution < -0.4 is 0 Å². The molecule has 0 atom stereocenters. The van der Waals surface area contributed by atoms with Crippen LogP contribution >= 0.6 is 11.8 Å². The number of hydrogen-bond donors (Lipinski definition) is 1. The van der Waals surface area contributed by atoms with Gasteiger partial charge in [-0.05, 0) is 37.6 Å². The van der Waals surface area contributed by atoms with Crippen molar-refractivity contribution in [3.8, 4) is 0 Å². The summed E-state index contributed by atoms with van der Waals surface area (Å²) < 4.78 is 4.65. The minimum atomic E-state index is -0.908. The standard InChI is InChI=1S/C13H14O5S/c1-3-18-13(17)12(16)10-5-4-9(6-8(10)2)19-7-11(14)15/h4-6H,3,7H2,1-2H3,(H,14,15). The number of carboxylic acids is 1. The van der Waals surface area contributed by atoms with Crippen LogP contribution in [0.25, 0.3) is 0 Å². The molecule has 0 aliphatic carbocycles. The number of rotatable bonds is 6. The van der Waals surface area contributed by atoms with E-state index < -0.39 is 17.7 Å². The molecule has 0 saturated carbocycles. The Balaban J connectivity index is 2.85. The van der Waals surface area contributed by atoms with Crippen molar-refractivity contribution in [1.82, 2.24) is 0 Å². The molecule has 1 rings (SSSR count). The molecule has 0 aliphatic rings. The summed E-state index contributed by atoms with van der Waals surface area (Å²) in [5.41, 5.74) is 0.895. The second-order valence-electron chi connectivity index (χ2n) is 3.71. The summed E-state index contributed by atoms with van der Waals surface area (Å²) in [7, 11) is 0. The van der Waals surface area contributed by atoms with E-state index in [1.807, 2.05) is 0 Å². The van der Waals surface area contributed by atoms with Gasteiger partial charge in [0.15, 0.2) is 0 Å². The average Bonchev–Trinajstić information content (AvgIpc) is 2.36. The van der Waals surface area contributed by atoms with Gasteiger partial charge in [-0.3, -0.25) is 9.59 Å². The lowest BCUT2D eigenvalue weighted by Gasteiger charge is -2.06. The molecule has 1 N–H and O–H groups in total. The molecule has 0 unspecified atom stereocenters. The maximum atomic E-state index is 11.8. The van der Waals surface area contributed by atoms with Gasteiger partial charge < -0.3 is 9.84 Å². The van der Waals surface area contributed by atoms with E-state index in [4.69, 9.17) is 5.11 Å². The molecule has 102 valence electrons. The summed E-state index contributed by atoms with van der Waals surface area (Å²) >= 11 is 1.15. The number of aryl methyl sites for hydroxylation is 1. The Morgan fingerprint density at radius 2 is 2.00 bits per heavy atom. The van der Waals surface area contributed by atoms with Gasteiger partial charge in [0.1, 0.15) is 0 Å². The molecule has 5 nitrogen and oxygen atoms in total. The zero-order valence-corrected chi connectivity index (χ0v) is 11.5. The minimum Gasteiger partial charge on any atom is -0.481 e. The van der Waals surface area contributed by atoms with Gasteiger partial charge in [0.2, 0.25) is 0 Å². The van der Waals surface area contributed by atoms with Crippen molar-refractivity contribution in [3.05, 3.63) is 29.3 Å². The monoisotopic (exact) mass is 282 g/mol. The van der Waals surface area contributed by atoms with Gasteiger partial charge in [-0.2, -0.15) is 0 Å². The molecule has 1 aromatic rings. The second-order valence-corrected chi connectivity index (χ2v) is 4.76. The highest BCUT2D eigenvalue weighted by molar-refractivity contribution is 8.00. The lowest BCUT2D eigenvalue weighted by atomic mass is 10.1. The Labute approximate surface area is 115 Å². The van der Waals surface area contributed by atoms with Crippen molar-refractivity contribution in [1.29, 1.82) is 0 Å². The number of ketones is 1. The van der Waals surface area contributed by atoms with E-state index in [2.05, 4.69) is 4.74 Å². The summed E-state index contributed by atoms with van der Waals surface area (Å²) in [6.07, 6.45) is 0. The van der Waals surface area contributed by atoms with E-state index in [9.17, 15) is 14.4 Å². The summed E-state index contributed by atoms with van der Waals surface area (Å²) in [5.74, 6) is -2.52. The number of Topliss-reactive ketones (excluding diaryl/α,β-unsaturated/α-hetero) is 1. The second kappa shape index (κ2) is 6.94. The molecule has 0 bridgehead atoms. The van der Waals surface area contributed by atoms with Crippen molar-refractivity contribution in [2.45, 2.75) is 18.7 Å². The minimum absolute atomic E-state index is 0.0510. The first-order chi connectivity index (χ1) is 8.95. The van der Waals surface area contributed by atoms with E-state index in [0.29, 0.717) is 5.56 Å². The molecular formula is C13H14O5S. The summed E-state index contributed by atoms with van der Waals surface area (Å²) in [4.78, 5) is 34.3. The molecule has 0 amide bonds. The molecule has 0 heterocycles. The van der Waals surface area contributed by atoms with Gasteiger partial charge in [-0.1, -0.05) is 0 Å².